The minimum absolute atomic E-state index is 0.202. The molecule has 0 radical (unpaired) electrons. The zero-order valence-corrected chi connectivity index (χ0v) is 12.3. The fourth-order valence-corrected chi connectivity index (χ4v) is 1.89. The highest BCUT2D eigenvalue weighted by Gasteiger charge is 2.06. The Balaban J connectivity index is 1.98. The van der Waals surface area contributed by atoms with Crippen molar-refractivity contribution in [3.05, 3.63) is 54.1 Å². The van der Waals surface area contributed by atoms with E-state index in [1.165, 1.54) is 18.3 Å². The van der Waals surface area contributed by atoms with Crippen molar-refractivity contribution in [2.45, 2.75) is 6.42 Å². The summed E-state index contributed by atoms with van der Waals surface area (Å²) in [6, 6.07) is 7.76. The van der Waals surface area contributed by atoms with Gasteiger partial charge in [0.05, 0.1) is 17.4 Å². The van der Waals surface area contributed by atoms with Crippen molar-refractivity contribution in [2.75, 3.05) is 25.6 Å². The van der Waals surface area contributed by atoms with Gasteiger partial charge >= 0.3 is 0 Å². The third-order valence-electron chi connectivity index (χ3n) is 2.92. The van der Waals surface area contributed by atoms with Gasteiger partial charge in [0, 0.05) is 32.1 Å². The number of methoxy groups -OCH3 is 1. The lowest BCUT2D eigenvalue weighted by atomic mass is 10.2. The number of halogens is 1. The van der Waals surface area contributed by atoms with Gasteiger partial charge in [-0.2, -0.15) is 0 Å². The van der Waals surface area contributed by atoms with E-state index in [0.717, 1.165) is 6.42 Å². The van der Waals surface area contributed by atoms with Gasteiger partial charge in [0.1, 0.15) is 5.82 Å². The van der Waals surface area contributed by atoms with E-state index in [1.54, 1.807) is 31.5 Å². The molecule has 5 nitrogen and oxygen atoms in total. The molecule has 0 unspecified atom stereocenters. The van der Waals surface area contributed by atoms with Gasteiger partial charge in [-0.1, -0.05) is 6.07 Å². The van der Waals surface area contributed by atoms with Gasteiger partial charge in [-0.05, 0) is 30.7 Å². The van der Waals surface area contributed by atoms with Gasteiger partial charge < -0.3 is 15.4 Å². The van der Waals surface area contributed by atoms with E-state index in [1.807, 2.05) is 0 Å². The summed E-state index contributed by atoms with van der Waals surface area (Å²) in [5, 5.41) is 5.80. The van der Waals surface area contributed by atoms with Gasteiger partial charge in [0.25, 0.3) is 5.91 Å². The molecule has 0 spiro atoms. The summed E-state index contributed by atoms with van der Waals surface area (Å²) < 4.78 is 18.1. The van der Waals surface area contributed by atoms with Crippen molar-refractivity contribution in [3.63, 3.8) is 0 Å². The van der Waals surface area contributed by atoms with Crippen LogP contribution in [-0.2, 0) is 4.74 Å². The van der Waals surface area contributed by atoms with E-state index in [-0.39, 0.29) is 11.7 Å². The molecule has 2 N–H and O–H groups in total. The topological polar surface area (TPSA) is 63.2 Å². The molecule has 0 aliphatic heterocycles. The molecule has 0 bridgehead atoms. The molecule has 2 rings (SSSR count). The van der Waals surface area contributed by atoms with Crippen molar-refractivity contribution in [1.29, 1.82) is 0 Å². The van der Waals surface area contributed by atoms with Crippen LogP contribution in [0.5, 0.6) is 0 Å². The highest BCUT2D eigenvalue weighted by Crippen LogP contribution is 2.17. The van der Waals surface area contributed by atoms with E-state index < -0.39 is 0 Å². The first-order valence-corrected chi connectivity index (χ1v) is 6.94. The minimum atomic E-state index is -0.329. The number of rotatable bonds is 7. The van der Waals surface area contributed by atoms with Crippen LogP contribution < -0.4 is 10.6 Å². The predicted octanol–water partition coefficient (Wildman–Crippen LogP) is 2.73. The van der Waals surface area contributed by atoms with Gasteiger partial charge in [0.15, 0.2) is 0 Å². The number of benzene rings is 1. The summed E-state index contributed by atoms with van der Waals surface area (Å²) in [4.78, 5) is 16.0. The lowest BCUT2D eigenvalue weighted by molar-refractivity contribution is 0.0948. The van der Waals surface area contributed by atoms with Crippen molar-refractivity contribution in [2.24, 2.45) is 0 Å². The maximum atomic E-state index is 13.1. The van der Waals surface area contributed by atoms with Crippen LogP contribution in [0, 0.1) is 5.82 Å². The smallest absolute Gasteiger partial charge is 0.252 e. The summed E-state index contributed by atoms with van der Waals surface area (Å²) >= 11 is 0. The standard InChI is InChI=1S/C16H18FN3O2/c1-22-7-3-6-19-16(21)12-8-15(11-18-10-12)20-14-5-2-4-13(17)9-14/h2,4-5,8-11,20H,3,6-7H2,1H3,(H,19,21). The molecule has 1 aromatic carbocycles. The molecule has 6 heteroatoms. The monoisotopic (exact) mass is 303 g/mol. The first-order chi connectivity index (χ1) is 10.7. The summed E-state index contributed by atoms with van der Waals surface area (Å²) in [6.45, 7) is 1.13. The predicted molar refractivity (Wildman–Crippen MR) is 82.7 cm³/mol. The number of carbonyl (C=O) groups excluding carboxylic acids is 1. The third kappa shape index (κ3) is 4.82. The highest BCUT2D eigenvalue weighted by molar-refractivity contribution is 5.94. The molecule has 116 valence electrons. The maximum absolute atomic E-state index is 13.1. The number of hydrogen-bond acceptors (Lipinski definition) is 4. The Morgan fingerprint density at radius 3 is 2.91 bits per heavy atom. The second-order valence-electron chi connectivity index (χ2n) is 4.70. The molecule has 22 heavy (non-hydrogen) atoms. The number of nitrogens with zero attached hydrogens (tertiary/aromatic N) is 1. The second kappa shape index (κ2) is 8.09. The largest absolute Gasteiger partial charge is 0.385 e. The van der Waals surface area contributed by atoms with Crippen LogP contribution >= 0.6 is 0 Å². The Kier molecular flexibility index (Phi) is 5.85. The third-order valence-corrected chi connectivity index (χ3v) is 2.92. The maximum Gasteiger partial charge on any atom is 0.252 e. The molecule has 0 aliphatic rings. The van der Waals surface area contributed by atoms with E-state index >= 15 is 0 Å². The molecule has 0 atom stereocenters. The van der Waals surface area contributed by atoms with Crippen molar-refractivity contribution in [3.8, 4) is 0 Å². The normalized spacial score (nSPS) is 10.3. The number of pyridine rings is 1. The average Bonchev–Trinajstić information content (AvgIpc) is 2.52. The fraction of sp³-hybridized carbons (Fsp3) is 0.250. The van der Waals surface area contributed by atoms with Crippen LogP contribution in [-0.4, -0.2) is 31.2 Å². The SMILES string of the molecule is COCCCNC(=O)c1cncc(Nc2cccc(F)c2)c1. The van der Waals surface area contributed by atoms with E-state index in [0.29, 0.717) is 30.1 Å². The van der Waals surface area contributed by atoms with Crippen LogP contribution in [0.3, 0.4) is 0 Å². The van der Waals surface area contributed by atoms with Crippen LogP contribution in [0.1, 0.15) is 16.8 Å². The first kappa shape index (κ1) is 15.9. The Labute approximate surface area is 128 Å². The second-order valence-corrected chi connectivity index (χ2v) is 4.70. The van der Waals surface area contributed by atoms with Crippen LogP contribution in [0.4, 0.5) is 15.8 Å². The number of ether oxygens (including phenoxy) is 1. The average molecular weight is 303 g/mol. The lowest BCUT2D eigenvalue weighted by Crippen LogP contribution is -2.25. The molecule has 1 heterocycles. The summed E-state index contributed by atoms with van der Waals surface area (Å²) in [5.74, 6) is -0.531. The minimum Gasteiger partial charge on any atom is -0.385 e. The van der Waals surface area contributed by atoms with E-state index in [4.69, 9.17) is 4.74 Å². The molecule has 1 amide bonds. The summed E-state index contributed by atoms with van der Waals surface area (Å²) in [5.41, 5.74) is 1.66. The zero-order valence-electron chi connectivity index (χ0n) is 12.3. The molecule has 1 aromatic heterocycles. The number of anilines is 2. The fourth-order valence-electron chi connectivity index (χ4n) is 1.89. The molecule has 0 fully saturated rings. The number of amides is 1. The molecule has 0 saturated heterocycles. The molecule has 0 aliphatic carbocycles. The Morgan fingerprint density at radius 1 is 1.27 bits per heavy atom. The van der Waals surface area contributed by atoms with Crippen LogP contribution in [0.15, 0.2) is 42.7 Å². The number of carbonyl (C=O) groups is 1. The van der Waals surface area contributed by atoms with E-state index in [9.17, 15) is 9.18 Å². The molecular formula is C16H18FN3O2. The van der Waals surface area contributed by atoms with Gasteiger partial charge in [0.2, 0.25) is 0 Å². The van der Waals surface area contributed by atoms with Gasteiger partial charge in [-0.3, -0.25) is 9.78 Å². The Bertz CT molecular complexity index is 634. The lowest BCUT2D eigenvalue weighted by Gasteiger charge is -2.08. The Hall–Kier alpha value is -2.47. The molecule has 0 saturated carbocycles. The number of aromatic nitrogens is 1. The molecular weight excluding hydrogens is 285 g/mol. The van der Waals surface area contributed by atoms with Crippen molar-refractivity contribution >= 4 is 17.3 Å². The first-order valence-electron chi connectivity index (χ1n) is 6.94. The molecule has 2 aromatic rings. The zero-order chi connectivity index (χ0) is 15.8. The van der Waals surface area contributed by atoms with Crippen LogP contribution in [0.2, 0.25) is 0 Å². The van der Waals surface area contributed by atoms with E-state index in [2.05, 4.69) is 15.6 Å². The number of hydrogen-bond donors (Lipinski definition) is 2. The summed E-state index contributed by atoms with van der Waals surface area (Å²) in [7, 11) is 1.62. The number of nitrogens with one attached hydrogen (secondary N) is 2. The van der Waals surface area contributed by atoms with Gasteiger partial charge in [-0.15, -0.1) is 0 Å². The van der Waals surface area contributed by atoms with Crippen molar-refractivity contribution < 1.29 is 13.9 Å². The van der Waals surface area contributed by atoms with Crippen molar-refractivity contribution in [1.82, 2.24) is 10.3 Å². The van der Waals surface area contributed by atoms with Crippen LogP contribution in [0.25, 0.3) is 0 Å². The Morgan fingerprint density at radius 2 is 2.14 bits per heavy atom. The highest BCUT2D eigenvalue weighted by atomic mass is 19.1. The quantitative estimate of drug-likeness (QED) is 0.772. The van der Waals surface area contributed by atoms with Gasteiger partial charge in [-0.25, -0.2) is 4.39 Å². The summed E-state index contributed by atoms with van der Waals surface area (Å²) in [6.07, 6.45) is 3.81.